The molecule has 3 aromatic rings. The Bertz CT molecular complexity index is 1250. The second kappa shape index (κ2) is 9.07. The lowest BCUT2D eigenvalue weighted by molar-refractivity contribution is 0.151. The molecule has 1 N–H and O–H groups in total. The molecule has 0 atom stereocenters. The van der Waals surface area contributed by atoms with Gasteiger partial charge in [0.1, 0.15) is 27.8 Å². The molecule has 1 fully saturated rings. The normalized spacial score (nSPS) is 19.0. The van der Waals surface area contributed by atoms with Gasteiger partial charge in [0, 0.05) is 23.4 Å². The number of nitrogens with one attached hydrogen (secondary N) is 1. The molecular weight excluding hydrogens is 457 g/mol. The fourth-order valence-electron chi connectivity index (χ4n) is 3.88. The lowest BCUT2D eigenvalue weighted by atomic mass is 9.97. The molecule has 4 rings (SSSR count). The first kappa shape index (κ1) is 22.5. The lowest BCUT2D eigenvalue weighted by Gasteiger charge is -2.28. The van der Waals surface area contributed by atoms with Crippen molar-refractivity contribution in [3.63, 3.8) is 0 Å². The maximum Gasteiger partial charge on any atom is 0.162 e. The molecule has 1 aliphatic carbocycles. The van der Waals surface area contributed by atoms with E-state index in [2.05, 4.69) is 15.3 Å². The Morgan fingerprint density at radius 1 is 1.09 bits per heavy atom. The summed E-state index contributed by atoms with van der Waals surface area (Å²) in [6.07, 6.45) is 5.01. The van der Waals surface area contributed by atoms with Gasteiger partial charge in [-0.1, -0.05) is 11.6 Å². The molecule has 0 unspecified atom stereocenters. The van der Waals surface area contributed by atoms with Gasteiger partial charge in [0.2, 0.25) is 0 Å². The standard InChI is InChI=1S/C22H23ClFN3O4S/c1-30-20-11-19-16(10-21(20)31-14-4-6-15(7-5-14)32(2,28)29)22(26-12-25-19)27-13-3-8-18(24)17(23)9-13/h3,8-12,14-15H,4-7H2,1-2H3,(H,25,26,27). The summed E-state index contributed by atoms with van der Waals surface area (Å²) in [5.74, 6) is 1.05. The highest BCUT2D eigenvalue weighted by Gasteiger charge is 2.29. The molecule has 10 heteroatoms. The van der Waals surface area contributed by atoms with Gasteiger partial charge in [-0.15, -0.1) is 0 Å². The summed E-state index contributed by atoms with van der Waals surface area (Å²) in [7, 11) is -1.49. The molecule has 2 aromatic carbocycles. The van der Waals surface area contributed by atoms with Crippen molar-refractivity contribution in [1.82, 2.24) is 9.97 Å². The van der Waals surface area contributed by atoms with Crippen molar-refractivity contribution in [3.05, 3.63) is 47.5 Å². The van der Waals surface area contributed by atoms with Gasteiger partial charge in [-0.3, -0.25) is 0 Å². The van der Waals surface area contributed by atoms with Crippen molar-refractivity contribution in [2.45, 2.75) is 37.0 Å². The minimum Gasteiger partial charge on any atom is -0.493 e. The average Bonchev–Trinajstić information content (AvgIpc) is 2.76. The molecule has 0 aliphatic heterocycles. The first-order valence-electron chi connectivity index (χ1n) is 10.1. The largest absolute Gasteiger partial charge is 0.493 e. The van der Waals surface area contributed by atoms with Gasteiger partial charge >= 0.3 is 0 Å². The molecule has 0 amide bonds. The number of ether oxygens (including phenoxy) is 2. The third-order valence-electron chi connectivity index (χ3n) is 5.62. The number of fused-ring (bicyclic) bond motifs is 1. The van der Waals surface area contributed by atoms with Crippen LogP contribution in [0.5, 0.6) is 11.5 Å². The Morgan fingerprint density at radius 2 is 1.84 bits per heavy atom. The highest BCUT2D eigenvalue weighted by atomic mass is 35.5. The number of hydrogen-bond acceptors (Lipinski definition) is 7. The Hall–Kier alpha value is -2.65. The zero-order valence-electron chi connectivity index (χ0n) is 17.6. The maximum absolute atomic E-state index is 13.5. The molecule has 1 saturated carbocycles. The third kappa shape index (κ3) is 4.88. The fourth-order valence-corrected chi connectivity index (χ4v) is 5.19. The average molecular weight is 480 g/mol. The summed E-state index contributed by atoms with van der Waals surface area (Å²) in [4.78, 5) is 8.62. The van der Waals surface area contributed by atoms with Gasteiger partial charge in [-0.25, -0.2) is 22.8 Å². The van der Waals surface area contributed by atoms with Crippen LogP contribution in [0.4, 0.5) is 15.9 Å². The summed E-state index contributed by atoms with van der Waals surface area (Å²) in [5, 5.41) is 3.52. The smallest absolute Gasteiger partial charge is 0.162 e. The van der Waals surface area contributed by atoms with Crippen LogP contribution in [-0.2, 0) is 9.84 Å². The first-order valence-corrected chi connectivity index (χ1v) is 12.5. The van der Waals surface area contributed by atoms with Gasteiger partial charge in [-0.2, -0.15) is 0 Å². The number of aromatic nitrogens is 2. The summed E-state index contributed by atoms with van der Waals surface area (Å²) in [5.41, 5.74) is 1.22. The van der Waals surface area contributed by atoms with Gasteiger partial charge in [-0.05, 0) is 49.9 Å². The third-order valence-corrected chi connectivity index (χ3v) is 7.60. The van der Waals surface area contributed by atoms with E-state index < -0.39 is 15.7 Å². The molecular formula is C22H23ClFN3O4S. The van der Waals surface area contributed by atoms with Crippen LogP contribution in [0, 0.1) is 5.82 Å². The molecule has 0 radical (unpaired) electrons. The van der Waals surface area contributed by atoms with Crippen molar-refractivity contribution in [2.75, 3.05) is 18.7 Å². The topological polar surface area (TPSA) is 90.4 Å². The van der Waals surface area contributed by atoms with Crippen LogP contribution in [0.3, 0.4) is 0 Å². The monoisotopic (exact) mass is 479 g/mol. The molecule has 1 aromatic heterocycles. The van der Waals surface area contributed by atoms with E-state index in [0.717, 1.165) is 0 Å². The quantitative estimate of drug-likeness (QED) is 0.537. The fraction of sp³-hybridized carbons (Fsp3) is 0.364. The molecule has 32 heavy (non-hydrogen) atoms. The molecule has 0 bridgehead atoms. The van der Waals surface area contributed by atoms with E-state index in [1.165, 1.54) is 24.7 Å². The summed E-state index contributed by atoms with van der Waals surface area (Å²) in [6.45, 7) is 0. The SMILES string of the molecule is COc1cc2ncnc(Nc3ccc(F)c(Cl)c3)c2cc1OC1CCC(S(C)(=O)=O)CC1. The van der Waals surface area contributed by atoms with Crippen LogP contribution < -0.4 is 14.8 Å². The van der Waals surface area contributed by atoms with Crippen molar-refractivity contribution < 1.29 is 22.3 Å². The molecule has 1 heterocycles. The van der Waals surface area contributed by atoms with E-state index in [9.17, 15) is 12.8 Å². The van der Waals surface area contributed by atoms with Crippen LogP contribution in [-0.4, -0.2) is 43.1 Å². The first-order chi connectivity index (χ1) is 15.2. The number of anilines is 2. The van der Waals surface area contributed by atoms with Crippen molar-refractivity contribution in [2.24, 2.45) is 0 Å². The van der Waals surface area contributed by atoms with E-state index in [4.69, 9.17) is 21.1 Å². The van der Waals surface area contributed by atoms with Gasteiger partial charge in [0.15, 0.2) is 11.5 Å². The number of hydrogen-bond donors (Lipinski definition) is 1. The van der Waals surface area contributed by atoms with Crippen LogP contribution in [0.25, 0.3) is 10.9 Å². The van der Waals surface area contributed by atoms with E-state index in [-0.39, 0.29) is 16.4 Å². The lowest BCUT2D eigenvalue weighted by Crippen LogP contribution is -2.31. The molecule has 0 saturated heterocycles. The van der Waals surface area contributed by atoms with Crippen molar-refractivity contribution in [3.8, 4) is 11.5 Å². The van der Waals surface area contributed by atoms with Crippen LogP contribution in [0.2, 0.25) is 5.02 Å². The molecule has 0 spiro atoms. The predicted molar refractivity (Wildman–Crippen MR) is 122 cm³/mol. The van der Waals surface area contributed by atoms with Crippen molar-refractivity contribution >= 4 is 43.8 Å². The highest BCUT2D eigenvalue weighted by molar-refractivity contribution is 7.91. The van der Waals surface area contributed by atoms with Crippen LogP contribution in [0.1, 0.15) is 25.7 Å². The Labute approximate surface area is 190 Å². The number of rotatable bonds is 6. The van der Waals surface area contributed by atoms with Gasteiger partial charge in [0.05, 0.1) is 29.0 Å². The Morgan fingerprint density at radius 3 is 2.50 bits per heavy atom. The van der Waals surface area contributed by atoms with Gasteiger partial charge in [0.25, 0.3) is 0 Å². The predicted octanol–water partition coefficient (Wildman–Crippen LogP) is 4.91. The summed E-state index contributed by atoms with van der Waals surface area (Å²) < 4.78 is 48.8. The highest BCUT2D eigenvalue weighted by Crippen LogP contribution is 2.37. The molecule has 1 aliphatic rings. The van der Waals surface area contributed by atoms with E-state index in [1.54, 1.807) is 25.3 Å². The summed E-state index contributed by atoms with van der Waals surface area (Å²) in [6, 6.07) is 7.88. The minimum atomic E-state index is -3.04. The van der Waals surface area contributed by atoms with E-state index >= 15 is 0 Å². The zero-order chi connectivity index (χ0) is 22.9. The minimum absolute atomic E-state index is 0.00347. The number of benzene rings is 2. The molecule has 170 valence electrons. The number of halogens is 2. The number of nitrogens with zero attached hydrogens (tertiary/aromatic N) is 2. The van der Waals surface area contributed by atoms with E-state index in [1.807, 2.05) is 0 Å². The number of methoxy groups -OCH3 is 1. The second-order valence-electron chi connectivity index (χ2n) is 7.84. The Balaban J connectivity index is 1.61. The summed E-state index contributed by atoms with van der Waals surface area (Å²) >= 11 is 5.89. The second-order valence-corrected chi connectivity index (χ2v) is 10.6. The van der Waals surface area contributed by atoms with Crippen LogP contribution >= 0.6 is 11.6 Å². The molecule has 7 nitrogen and oxygen atoms in total. The van der Waals surface area contributed by atoms with Crippen LogP contribution in [0.15, 0.2) is 36.7 Å². The van der Waals surface area contributed by atoms with E-state index in [0.29, 0.717) is 59.6 Å². The van der Waals surface area contributed by atoms with Crippen molar-refractivity contribution in [1.29, 1.82) is 0 Å². The Kier molecular flexibility index (Phi) is 6.39. The van der Waals surface area contributed by atoms with Gasteiger partial charge < -0.3 is 14.8 Å². The zero-order valence-corrected chi connectivity index (χ0v) is 19.2. The maximum atomic E-state index is 13.5. The number of sulfone groups is 1.